The Hall–Kier alpha value is -2.29. The monoisotopic (exact) mass is 276 g/mol. The van der Waals surface area contributed by atoms with Crippen LogP contribution in [0.3, 0.4) is 0 Å². The minimum Gasteiger partial charge on any atom is -0.376 e. The highest BCUT2D eigenvalue weighted by atomic mass is 16.5. The molecule has 3 heterocycles. The number of rotatable bonds is 4. The highest BCUT2D eigenvalue weighted by molar-refractivity contribution is 5.34. The summed E-state index contributed by atoms with van der Waals surface area (Å²) in [7, 11) is 0. The lowest BCUT2D eigenvalue weighted by atomic mass is 10.1. The molecule has 1 aliphatic rings. The standard InChI is InChI=1S/C11H16N8O/c12-9-16-10(14-5-8-3-1-2-4-20-8)18-11(17-9)19-7-13-6-15-19/h6-8H,1-5H2,(H3,12,14,16,17,18). The van der Waals surface area contributed by atoms with Gasteiger partial charge in [-0.05, 0) is 19.3 Å². The Bertz CT molecular complexity index is 552. The molecule has 1 unspecified atom stereocenters. The Kier molecular flexibility index (Phi) is 3.68. The maximum Gasteiger partial charge on any atom is 0.258 e. The van der Waals surface area contributed by atoms with Crippen molar-refractivity contribution in [1.82, 2.24) is 29.7 Å². The zero-order chi connectivity index (χ0) is 13.8. The summed E-state index contributed by atoms with van der Waals surface area (Å²) in [4.78, 5) is 16.2. The predicted molar refractivity (Wildman–Crippen MR) is 71.2 cm³/mol. The first-order chi connectivity index (χ1) is 9.81. The summed E-state index contributed by atoms with van der Waals surface area (Å²) in [6.07, 6.45) is 6.47. The zero-order valence-electron chi connectivity index (χ0n) is 10.9. The van der Waals surface area contributed by atoms with Gasteiger partial charge in [0.15, 0.2) is 0 Å². The van der Waals surface area contributed by atoms with Crippen LogP contribution in [0.15, 0.2) is 12.7 Å². The predicted octanol–water partition coefficient (Wildman–Crippen LogP) is 0.0155. The van der Waals surface area contributed by atoms with Gasteiger partial charge in [0.05, 0.1) is 6.10 Å². The highest BCUT2D eigenvalue weighted by Crippen LogP contribution is 2.13. The zero-order valence-corrected chi connectivity index (χ0v) is 10.9. The SMILES string of the molecule is Nc1nc(NCC2CCCCO2)nc(-n2cncn2)n1. The van der Waals surface area contributed by atoms with Crippen LogP contribution >= 0.6 is 0 Å². The first-order valence-corrected chi connectivity index (χ1v) is 6.53. The molecule has 1 fully saturated rings. The van der Waals surface area contributed by atoms with Gasteiger partial charge in [-0.3, -0.25) is 0 Å². The van der Waals surface area contributed by atoms with E-state index in [1.165, 1.54) is 23.8 Å². The first kappa shape index (κ1) is 12.7. The van der Waals surface area contributed by atoms with Crippen LogP contribution in [0.25, 0.3) is 5.95 Å². The fourth-order valence-electron chi connectivity index (χ4n) is 2.05. The number of nitrogens with two attached hydrogens (primary N) is 1. The average Bonchev–Trinajstić information content (AvgIpc) is 3.00. The van der Waals surface area contributed by atoms with Gasteiger partial charge < -0.3 is 15.8 Å². The molecule has 0 radical (unpaired) electrons. The summed E-state index contributed by atoms with van der Waals surface area (Å²) in [5.74, 6) is 0.886. The third-order valence-corrected chi connectivity index (χ3v) is 3.03. The average molecular weight is 276 g/mol. The van der Waals surface area contributed by atoms with Crippen LogP contribution in [0.5, 0.6) is 0 Å². The molecule has 0 aliphatic carbocycles. The fraction of sp³-hybridized carbons (Fsp3) is 0.545. The Morgan fingerprint density at radius 1 is 1.35 bits per heavy atom. The fourth-order valence-corrected chi connectivity index (χ4v) is 2.05. The number of hydrogen-bond acceptors (Lipinski definition) is 8. The lowest BCUT2D eigenvalue weighted by Gasteiger charge is -2.22. The van der Waals surface area contributed by atoms with E-state index in [0.717, 1.165) is 19.4 Å². The molecule has 1 atom stereocenters. The van der Waals surface area contributed by atoms with Gasteiger partial charge in [-0.2, -0.15) is 24.7 Å². The number of anilines is 2. The Morgan fingerprint density at radius 3 is 3.05 bits per heavy atom. The molecule has 0 aromatic carbocycles. The van der Waals surface area contributed by atoms with E-state index in [1.54, 1.807) is 0 Å². The van der Waals surface area contributed by atoms with E-state index in [4.69, 9.17) is 10.5 Å². The van der Waals surface area contributed by atoms with Gasteiger partial charge >= 0.3 is 0 Å². The van der Waals surface area contributed by atoms with Crippen LogP contribution in [-0.4, -0.2) is 49.0 Å². The molecule has 20 heavy (non-hydrogen) atoms. The number of aromatic nitrogens is 6. The number of hydrogen-bond donors (Lipinski definition) is 2. The number of ether oxygens (including phenoxy) is 1. The molecule has 2 aromatic heterocycles. The maximum atomic E-state index is 5.68. The highest BCUT2D eigenvalue weighted by Gasteiger charge is 2.14. The quantitative estimate of drug-likeness (QED) is 0.802. The largest absolute Gasteiger partial charge is 0.376 e. The molecule has 106 valence electrons. The molecule has 0 saturated carbocycles. The summed E-state index contributed by atoms with van der Waals surface area (Å²) in [6, 6.07) is 0. The first-order valence-electron chi connectivity index (χ1n) is 6.53. The van der Waals surface area contributed by atoms with E-state index in [9.17, 15) is 0 Å². The van der Waals surface area contributed by atoms with Crippen molar-refractivity contribution in [3.8, 4) is 5.95 Å². The van der Waals surface area contributed by atoms with Gasteiger partial charge in [0.25, 0.3) is 5.95 Å². The van der Waals surface area contributed by atoms with Crippen LogP contribution in [0.4, 0.5) is 11.9 Å². The van der Waals surface area contributed by atoms with E-state index in [-0.39, 0.29) is 12.1 Å². The second kappa shape index (κ2) is 5.78. The number of nitrogen functional groups attached to an aromatic ring is 1. The Labute approximate surface area is 115 Å². The van der Waals surface area contributed by atoms with Gasteiger partial charge in [-0.15, -0.1) is 0 Å². The minimum absolute atomic E-state index is 0.137. The molecule has 3 N–H and O–H groups in total. The molecule has 0 bridgehead atoms. The Morgan fingerprint density at radius 2 is 2.30 bits per heavy atom. The number of nitrogens with one attached hydrogen (secondary N) is 1. The normalized spacial score (nSPS) is 18.9. The summed E-state index contributed by atoms with van der Waals surface area (Å²) < 4.78 is 7.07. The molecule has 3 rings (SSSR count). The summed E-state index contributed by atoms with van der Waals surface area (Å²) in [5.41, 5.74) is 5.68. The van der Waals surface area contributed by atoms with Gasteiger partial charge in [0, 0.05) is 13.2 Å². The molecule has 1 aliphatic heterocycles. The van der Waals surface area contributed by atoms with Crippen molar-refractivity contribution in [2.45, 2.75) is 25.4 Å². The van der Waals surface area contributed by atoms with Gasteiger partial charge in [-0.1, -0.05) is 0 Å². The van der Waals surface area contributed by atoms with Gasteiger partial charge in [-0.25, -0.2) is 4.98 Å². The second-order valence-corrected chi connectivity index (χ2v) is 4.53. The second-order valence-electron chi connectivity index (χ2n) is 4.53. The van der Waals surface area contributed by atoms with Crippen molar-refractivity contribution in [3.63, 3.8) is 0 Å². The molecule has 0 amide bonds. The third-order valence-electron chi connectivity index (χ3n) is 3.03. The molecule has 9 nitrogen and oxygen atoms in total. The molecule has 1 saturated heterocycles. The van der Waals surface area contributed by atoms with E-state index in [0.29, 0.717) is 18.4 Å². The van der Waals surface area contributed by atoms with Crippen LogP contribution in [0.2, 0.25) is 0 Å². The van der Waals surface area contributed by atoms with Crippen LogP contribution < -0.4 is 11.1 Å². The van der Waals surface area contributed by atoms with E-state index in [1.807, 2.05) is 0 Å². The van der Waals surface area contributed by atoms with Crippen molar-refractivity contribution < 1.29 is 4.74 Å². The Balaban J connectivity index is 1.69. The van der Waals surface area contributed by atoms with Gasteiger partial charge in [0.2, 0.25) is 11.9 Å². The number of nitrogens with zero attached hydrogens (tertiary/aromatic N) is 6. The summed E-state index contributed by atoms with van der Waals surface area (Å²) >= 11 is 0. The molecule has 9 heteroatoms. The van der Waals surface area contributed by atoms with E-state index >= 15 is 0 Å². The molecular formula is C11H16N8O. The maximum absolute atomic E-state index is 5.68. The van der Waals surface area contributed by atoms with Crippen molar-refractivity contribution in [2.24, 2.45) is 0 Å². The van der Waals surface area contributed by atoms with E-state index < -0.39 is 0 Å². The summed E-state index contributed by atoms with van der Waals surface area (Å²) in [5, 5.41) is 7.09. The van der Waals surface area contributed by atoms with Crippen molar-refractivity contribution in [1.29, 1.82) is 0 Å². The van der Waals surface area contributed by atoms with Crippen LogP contribution in [-0.2, 0) is 4.74 Å². The van der Waals surface area contributed by atoms with Gasteiger partial charge in [0.1, 0.15) is 12.7 Å². The minimum atomic E-state index is 0.137. The molecule has 0 spiro atoms. The van der Waals surface area contributed by atoms with E-state index in [2.05, 4.69) is 30.4 Å². The van der Waals surface area contributed by atoms with Crippen molar-refractivity contribution in [2.75, 3.05) is 24.2 Å². The van der Waals surface area contributed by atoms with Crippen LogP contribution in [0.1, 0.15) is 19.3 Å². The lowest BCUT2D eigenvalue weighted by Crippen LogP contribution is -2.27. The topological polar surface area (TPSA) is 117 Å². The van der Waals surface area contributed by atoms with Crippen molar-refractivity contribution in [3.05, 3.63) is 12.7 Å². The molecular weight excluding hydrogens is 260 g/mol. The summed E-state index contributed by atoms with van der Waals surface area (Å²) in [6.45, 7) is 1.47. The lowest BCUT2D eigenvalue weighted by molar-refractivity contribution is 0.0246. The van der Waals surface area contributed by atoms with Crippen molar-refractivity contribution >= 4 is 11.9 Å². The van der Waals surface area contributed by atoms with Crippen LogP contribution in [0, 0.1) is 0 Å². The smallest absolute Gasteiger partial charge is 0.258 e. The molecule has 2 aromatic rings. The third kappa shape index (κ3) is 2.99.